The summed E-state index contributed by atoms with van der Waals surface area (Å²) in [5.41, 5.74) is 0.905. The highest BCUT2D eigenvalue weighted by Crippen LogP contribution is 2.45. The fourth-order valence-electron chi connectivity index (χ4n) is 2.68. The van der Waals surface area contributed by atoms with Crippen LogP contribution in [0.2, 0.25) is 5.02 Å². The van der Waals surface area contributed by atoms with Crippen molar-refractivity contribution in [3.63, 3.8) is 0 Å². The van der Waals surface area contributed by atoms with Gasteiger partial charge in [0, 0.05) is 10.4 Å². The van der Waals surface area contributed by atoms with Gasteiger partial charge in [0.2, 0.25) is 5.24 Å². The van der Waals surface area contributed by atoms with Gasteiger partial charge in [-0.1, -0.05) is 37.1 Å². The van der Waals surface area contributed by atoms with Crippen molar-refractivity contribution in [1.82, 2.24) is 0 Å². The molecular formula is C14H16Cl2O. The fourth-order valence-corrected chi connectivity index (χ4v) is 2.98. The first kappa shape index (κ1) is 12.9. The van der Waals surface area contributed by atoms with E-state index in [1.165, 1.54) is 5.56 Å². The van der Waals surface area contributed by atoms with Crippen LogP contribution in [-0.2, 0) is 4.79 Å². The van der Waals surface area contributed by atoms with E-state index in [0.717, 1.165) is 30.7 Å². The molecule has 3 heteroatoms. The van der Waals surface area contributed by atoms with Crippen LogP contribution in [-0.4, -0.2) is 5.24 Å². The fraction of sp³-hybridized carbons (Fsp3) is 0.500. The summed E-state index contributed by atoms with van der Waals surface area (Å²) in [7, 11) is 0. The molecule has 2 rings (SSSR count). The average molecular weight is 271 g/mol. The van der Waals surface area contributed by atoms with Crippen molar-refractivity contribution in [2.75, 3.05) is 0 Å². The number of hydrogen-bond acceptors (Lipinski definition) is 1. The lowest BCUT2D eigenvalue weighted by atomic mass is 9.70. The highest BCUT2D eigenvalue weighted by Gasteiger charge is 2.37. The summed E-state index contributed by atoms with van der Waals surface area (Å²) in [6, 6.07) is 7.92. The SMILES string of the molecule is C[C@@]1(C(=O)Cl)CCC[C@H](c2ccc(Cl)cc2)C1. The number of rotatable bonds is 2. The van der Waals surface area contributed by atoms with Crippen LogP contribution in [0.15, 0.2) is 24.3 Å². The van der Waals surface area contributed by atoms with Gasteiger partial charge >= 0.3 is 0 Å². The number of hydrogen-bond donors (Lipinski definition) is 0. The van der Waals surface area contributed by atoms with Crippen molar-refractivity contribution in [2.24, 2.45) is 5.41 Å². The maximum Gasteiger partial charge on any atom is 0.227 e. The van der Waals surface area contributed by atoms with Crippen molar-refractivity contribution in [2.45, 2.75) is 38.5 Å². The van der Waals surface area contributed by atoms with Crippen molar-refractivity contribution >= 4 is 28.4 Å². The van der Waals surface area contributed by atoms with Gasteiger partial charge in [0.1, 0.15) is 0 Å². The van der Waals surface area contributed by atoms with Crippen LogP contribution in [0.1, 0.15) is 44.1 Å². The molecule has 0 aromatic heterocycles. The molecule has 1 aliphatic rings. The zero-order valence-corrected chi connectivity index (χ0v) is 11.4. The largest absolute Gasteiger partial charge is 0.281 e. The molecule has 1 aromatic rings. The third-order valence-corrected chi connectivity index (χ3v) is 4.50. The maximum atomic E-state index is 11.5. The molecule has 1 saturated carbocycles. The van der Waals surface area contributed by atoms with Gasteiger partial charge in [-0.2, -0.15) is 0 Å². The van der Waals surface area contributed by atoms with Gasteiger partial charge < -0.3 is 0 Å². The second kappa shape index (κ2) is 4.99. The lowest BCUT2D eigenvalue weighted by molar-refractivity contribution is -0.121. The van der Waals surface area contributed by atoms with Crippen LogP contribution in [0.4, 0.5) is 0 Å². The molecule has 0 amide bonds. The summed E-state index contributed by atoms with van der Waals surface area (Å²) >= 11 is 11.6. The van der Waals surface area contributed by atoms with Crippen molar-refractivity contribution < 1.29 is 4.79 Å². The Morgan fingerprint density at radius 2 is 2.00 bits per heavy atom. The van der Waals surface area contributed by atoms with Crippen LogP contribution < -0.4 is 0 Å². The van der Waals surface area contributed by atoms with Gasteiger partial charge in [0.05, 0.1) is 0 Å². The Morgan fingerprint density at radius 3 is 2.59 bits per heavy atom. The van der Waals surface area contributed by atoms with E-state index in [4.69, 9.17) is 23.2 Å². The first-order valence-electron chi connectivity index (χ1n) is 5.97. The average Bonchev–Trinajstić information content (AvgIpc) is 2.30. The van der Waals surface area contributed by atoms with E-state index in [-0.39, 0.29) is 10.7 Å². The molecule has 0 radical (unpaired) electrons. The lowest BCUT2D eigenvalue weighted by Gasteiger charge is -2.35. The van der Waals surface area contributed by atoms with E-state index >= 15 is 0 Å². The molecule has 1 aromatic carbocycles. The summed E-state index contributed by atoms with van der Waals surface area (Å²) < 4.78 is 0. The van der Waals surface area contributed by atoms with E-state index in [2.05, 4.69) is 12.1 Å². The first-order chi connectivity index (χ1) is 8.01. The van der Waals surface area contributed by atoms with Crippen molar-refractivity contribution in [1.29, 1.82) is 0 Å². The predicted octanol–water partition coefficient (Wildman–Crippen LogP) is 4.77. The van der Waals surface area contributed by atoms with E-state index < -0.39 is 0 Å². The van der Waals surface area contributed by atoms with Gasteiger partial charge in [-0.15, -0.1) is 0 Å². The van der Waals surface area contributed by atoms with Gasteiger partial charge in [0.15, 0.2) is 0 Å². The molecule has 0 bridgehead atoms. The van der Waals surface area contributed by atoms with Crippen LogP contribution in [0.25, 0.3) is 0 Å². The third-order valence-electron chi connectivity index (χ3n) is 3.79. The monoisotopic (exact) mass is 270 g/mol. The van der Waals surface area contributed by atoms with E-state index in [9.17, 15) is 4.79 Å². The minimum atomic E-state index is -0.357. The Morgan fingerprint density at radius 1 is 1.35 bits per heavy atom. The molecule has 0 saturated heterocycles. The second-order valence-corrected chi connectivity index (χ2v) is 5.96. The first-order valence-corrected chi connectivity index (χ1v) is 6.72. The van der Waals surface area contributed by atoms with Crippen molar-refractivity contribution in [3.05, 3.63) is 34.9 Å². The molecule has 17 heavy (non-hydrogen) atoms. The smallest absolute Gasteiger partial charge is 0.227 e. The van der Waals surface area contributed by atoms with Gasteiger partial charge in [-0.05, 0) is 54.5 Å². The summed E-state index contributed by atoms with van der Waals surface area (Å²) in [4.78, 5) is 11.5. The minimum absolute atomic E-state index is 0.198. The highest BCUT2D eigenvalue weighted by molar-refractivity contribution is 6.64. The number of carbonyl (C=O) groups excluding carboxylic acids is 1. The van der Waals surface area contributed by atoms with Crippen LogP contribution in [0.5, 0.6) is 0 Å². The molecule has 0 spiro atoms. The molecule has 2 atom stereocenters. The summed E-state index contributed by atoms with van der Waals surface area (Å²) in [5.74, 6) is 0.425. The molecule has 0 unspecified atom stereocenters. The molecule has 1 nitrogen and oxygen atoms in total. The maximum absolute atomic E-state index is 11.5. The predicted molar refractivity (Wildman–Crippen MR) is 71.6 cm³/mol. The Kier molecular flexibility index (Phi) is 3.79. The third kappa shape index (κ3) is 2.83. The molecule has 0 aliphatic heterocycles. The number of carbonyl (C=O) groups is 1. The molecule has 0 heterocycles. The summed E-state index contributed by atoms with van der Waals surface area (Å²) in [6.45, 7) is 1.98. The Bertz CT molecular complexity index is 413. The summed E-state index contributed by atoms with van der Waals surface area (Å²) in [5, 5.41) is 0.553. The normalized spacial score (nSPS) is 29.0. The lowest BCUT2D eigenvalue weighted by Crippen LogP contribution is -2.30. The molecule has 1 aliphatic carbocycles. The van der Waals surface area contributed by atoms with Crippen LogP contribution in [0, 0.1) is 5.41 Å². The van der Waals surface area contributed by atoms with E-state index in [1.54, 1.807) is 0 Å². The second-order valence-electron chi connectivity index (χ2n) is 5.18. The Hall–Kier alpha value is -0.530. The van der Waals surface area contributed by atoms with Gasteiger partial charge in [0.25, 0.3) is 0 Å². The van der Waals surface area contributed by atoms with E-state index in [1.807, 2.05) is 19.1 Å². The molecule has 92 valence electrons. The minimum Gasteiger partial charge on any atom is -0.281 e. The number of benzene rings is 1. The van der Waals surface area contributed by atoms with Gasteiger partial charge in [-0.25, -0.2) is 0 Å². The van der Waals surface area contributed by atoms with Crippen molar-refractivity contribution in [3.8, 4) is 0 Å². The zero-order chi connectivity index (χ0) is 12.5. The number of halogens is 2. The van der Waals surface area contributed by atoms with E-state index in [0.29, 0.717) is 5.92 Å². The van der Waals surface area contributed by atoms with Gasteiger partial charge in [-0.3, -0.25) is 4.79 Å². The molecular weight excluding hydrogens is 255 g/mol. The standard InChI is InChI=1S/C14H16Cl2O/c1-14(13(16)17)8-2-3-11(9-14)10-4-6-12(15)7-5-10/h4-7,11H,2-3,8-9H2,1H3/t11-,14+/m0/s1. The summed E-state index contributed by atoms with van der Waals surface area (Å²) in [6.07, 6.45) is 3.93. The Balaban J connectivity index is 2.17. The Labute approximate surface area is 112 Å². The molecule has 0 N–H and O–H groups in total. The zero-order valence-electron chi connectivity index (χ0n) is 9.88. The quantitative estimate of drug-likeness (QED) is 0.708. The van der Waals surface area contributed by atoms with Crippen LogP contribution >= 0.6 is 23.2 Å². The van der Waals surface area contributed by atoms with Crippen LogP contribution in [0.3, 0.4) is 0 Å². The molecule has 1 fully saturated rings. The topological polar surface area (TPSA) is 17.1 Å². The highest BCUT2D eigenvalue weighted by atomic mass is 35.5.